The molecule has 0 atom stereocenters. The number of anilines is 1. The van der Waals surface area contributed by atoms with Crippen LogP contribution in [0.25, 0.3) is 0 Å². The first-order chi connectivity index (χ1) is 10.4. The molecule has 1 aromatic heterocycles. The molecule has 0 aliphatic rings. The minimum absolute atomic E-state index is 0.0541. The van der Waals surface area contributed by atoms with Crippen molar-refractivity contribution in [3.8, 4) is 11.5 Å². The molecule has 1 heterocycles. The van der Waals surface area contributed by atoms with Crippen LogP contribution in [0.5, 0.6) is 11.5 Å². The average molecular weight is 367 g/mol. The predicted octanol–water partition coefficient (Wildman–Crippen LogP) is 3.21. The van der Waals surface area contributed by atoms with Gasteiger partial charge in [-0.3, -0.25) is 0 Å². The summed E-state index contributed by atoms with van der Waals surface area (Å²) in [6.07, 6.45) is 3.50. The fourth-order valence-electron chi connectivity index (χ4n) is 1.89. The number of hydrogen-bond donors (Lipinski definition) is 1. The van der Waals surface area contributed by atoms with Gasteiger partial charge in [0.15, 0.2) is 11.5 Å². The number of aryl methyl sites for hydroxylation is 1. The standard InChI is InChI=1S/C15H19BrN4O2/c1-9(2)22-14-12(16)5-11(6-13(14)21-4)7-18-20-8-10(3)19-15(20)17/h5-9H,1-4H3,(H2,17,19). The van der Waals surface area contributed by atoms with Crippen LogP contribution in [0.2, 0.25) is 0 Å². The van der Waals surface area contributed by atoms with E-state index in [1.807, 2.05) is 32.9 Å². The first kappa shape index (κ1) is 16.4. The Kier molecular flexibility index (Phi) is 5.07. The molecule has 2 rings (SSSR count). The summed E-state index contributed by atoms with van der Waals surface area (Å²) in [7, 11) is 1.60. The number of nitrogens with two attached hydrogens (primary N) is 1. The van der Waals surface area contributed by atoms with Gasteiger partial charge in [-0.2, -0.15) is 5.10 Å². The Hall–Kier alpha value is -2.02. The monoisotopic (exact) mass is 366 g/mol. The van der Waals surface area contributed by atoms with Crippen LogP contribution >= 0.6 is 15.9 Å². The van der Waals surface area contributed by atoms with Crippen molar-refractivity contribution in [2.45, 2.75) is 26.9 Å². The Morgan fingerprint density at radius 2 is 2.14 bits per heavy atom. The Bertz CT molecular complexity index is 695. The molecule has 7 heteroatoms. The molecule has 0 fully saturated rings. The normalized spacial score (nSPS) is 11.4. The third kappa shape index (κ3) is 3.79. The Balaban J connectivity index is 2.32. The maximum Gasteiger partial charge on any atom is 0.221 e. The number of imidazole rings is 1. The summed E-state index contributed by atoms with van der Waals surface area (Å²) in [5.41, 5.74) is 7.42. The Labute approximate surface area is 138 Å². The highest BCUT2D eigenvalue weighted by molar-refractivity contribution is 9.10. The summed E-state index contributed by atoms with van der Waals surface area (Å²) in [6.45, 7) is 5.79. The van der Waals surface area contributed by atoms with Gasteiger partial charge < -0.3 is 15.2 Å². The number of halogens is 1. The van der Waals surface area contributed by atoms with E-state index in [4.69, 9.17) is 15.2 Å². The first-order valence-electron chi connectivity index (χ1n) is 6.80. The molecule has 0 saturated heterocycles. The van der Waals surface area contributed by atoms with Crippen molar-refractivity contribution in [3.63, 3.8) is 0 Å². The molecule has 0 bridgehead atoms. The molecule has 2 aromatic rings. The molecular weight excluding hydrogens is 348 g/mol. The number of aromatic nitrogens is 2. The predicted molar refractivity (Wildman–Crippen MR) is 90.8 cm³/mol. The topological polar surface area (TPSA) is 74.7 Å². The highest BCUT2D eigenvalue weighted by atomic mass is 79.9. The molecule has 1 aromatic carbocycles. The lowest BCUT2D eigenvalue weighted by molar-refractivity contribution is 0.228. The zero-order chi connectivity index (χ0) is 16.3. The molecule has 0 aliphatic heterocycles. The van der Waals surface area contributed by atoms with Crippen molar-refractivity contribution >= 4 is 28.1 Å². The van der Waals surface area contributed by atoms with E-state index in [1.54, 1.807) is 19.5 Å². The molecule has 2 N–H and O–H groups in total. The largest absolute Gasteiger partial charge is 0.493 e. The number of nitrogen functional groups attached to an aromatic ring is 1. The smallest absolute Gasteiger partial charge is 0.221 e. The molecule has 0 aliphatic carbocycles. The van der Waals surface area contributed by atoms with Gasteiger partial charge in [0.05, 0.1) is 35.8 Å². The van der Waals surface area contributed by atoms with Gasteiger partial charge in [-0.05, 0) is 54.4 Å². The van der Waals surface area contributed by atoms with Gasteiger partial charge in [0.2, 0.25) is 5.95 Å². The SMILES string of the molecule is COc1cc(C=Nn2cc(C)nc2N)cc(Br)c1OC(C)C. The van der Waals surface area contributed by atoms with Crippen molar-refractivity contribution < 1.29 is 9.47 Å². The molecule has 118 valence electrons. The van der Waals surface area contributed by atoms with Crippen molar-refractivity contribution in [2.24, 2.45) is 5.10 Å². The highest BCUT2D eigenvalue weighted by Gasteiger charge is 2.12. The van der Waals surface area contributed by atoms with E-state index in [2.05, 4.69) is 26.0 Å². The van der Waals surface area contributed by atoms with Gasteiger partial charge in [0.1, 0.15) is 0 Å². The molecule has 0 amide bonds. The molecule has 0 radical (unpaired) electrons. The van der Waals surface area contributed by atoms with E-state index in [0.717, 1.165) is 15.7 Å². The van der Waals surface area contributed by atoms with Gasteiger partial charge in [0.25, 0.3) is 0 Å². The number of benzene rings is 1. The maximum absolute atomic E-state index is 5.76. The zero-order valence-corrected chi connectivity index (χ0v) is 14.6. The number of nitrogens with zero attached hydrogens (tertiary/aromatic N) is 3. The van der Waals surface area contributed by atoms with Crippen molar-refractivity contribution in [3.05, 3.63) is 34.1 Å². The van der Waals surface area contributed by atoms with Crippen LogP contribution in [0.1, 0.15) is 25.1 Å². The Morgan fingerprint density at radius 3 is 2.68 bits per heavy atom. The van der Waals surface area contributed by atoms with Crippen LogP contribution in [-0.2, 0) is 0 Å². The number of methoxy groups -OCH3 is 1. The second-order valence-electron chi connectivity index (χ2n) is 5.03. The van der Waals surface area contributed by atoms with E-state index in [-0.39, 0.29) is 6.10 Å². The van der Waals surface area contributed by atoms with Gasteiger partial charge in [-0.25, -0.2) is 9.66 Å². The van der Waals surface area contributed by atoms with Crippen LogP contribution in [0.3, 0.4) is 0 Å². The van der Waals surface area contributed by atoms with Crippen molar-refractivity contribution in [1.82, 2.24) is 9.66 Å². The lowest BCUT2D eigenvalue weighted by Crippen LogP contribution is -2.07. The molecule has 0 spiro atoms. The lowest BCUT2D eigenvalue weighted by Gasteiger charge is -2.15. The average Bonchev–Trinajstić information content (AvgIpc) is 2.76. The van der Waals surface area contributed by atoms with E-state index >= 15 is 0 Å². The van der Waals surface area contributed by atoms with Crippen LogP contribution in [0.4, 0.5) is 5.95 Å². The van der Waals surface area contributed by atoms with Crippen LogP contribution in [0.15, 0.2) is 27.9 Å². The summed E-state index contributed by atoms with van der Waals surface area (Å²) in [4.78, 5) is 4.09. The second kappa shape index (κ2) is 6.83. The summed E-state index contributed by atoms with van der Waals surface area (Å²) in [5.74, 6) is 1.66. The molecular formula is C15H19BrN4O2. The highest BCUT2D eigenvalue weighted by Crippen LogP contribution is 2.37. The molecule has 22 heavy (non-hydrogen) atoms. The maximum atomic E-state index is 5.76. The van der Waals surface area contributed by atoms with E-state index < -0.39 is 0 Å². The quantitative estimate of drug-likeness (QED) is 0.824. The third-order valence-electron chi connectivity index (χ3n) is 2.77. The summed E-state index contributed by atoms with van der Waals surface area (Å²) < 4.78 is 13.5. The van der Waals surface area contributed by atoms with Crippen LogP contribution in [0, 0.1) is 6.92 Å². The van der Waals surface area contributed by atoms with E-state index in [1.165, 1.54) is 4.68 Å². The van der Waals surface area contributed by atoms with Crippen molar-refractivity contribution in [1.29, 1.82) is 0 Å². The fourth-order valence-corrected chi connectivity index (χ4v) is 2.44. The number of hydrogen-bond acceptors (Lipinski definition) is 5. The minimum Gasteiger partial charge on any atom is -0.493 e. The fraction of sp³-hybridized carbons (Fsp3) is 0.333. The van der Waals surface area contributed by atoms with Gasteiger partial charge in [-0.15, -0.1) is 0 Å². The molecule has 0 saturated carbocycles. The second-order valence-corrected chi connectivity index (χ2v) is 5.88. The van der Waals surface area contributed by atoms with E-state index in [9.17, 15) is 0 Å². The summed E-state index contributed by atoms with van der Waals surface area (Å²) in [5, 5.41) is 4.29. The van der Waals surface area contributed by atoms with Gasteiger partial charge in [-0.1, -0.05) is 0 Å². The summed E-state index contributed by atoms with van der Waals surface area (Å²) in [6, 6.07) is 3.76. The minimum atomic E-state index is 0.0541. The van der Waals surface area contributed by atoms with E-state index in [0.29, 0.717) is 17.4 Å². The number of rotatable bonds is 5. The lowest BCUT2D eigenvalue weighted by atomic mass is 10.2. The molecule has 0 unspecified atom stereocenters. The number of ether oxygens (including phenoxy) is 2. The third-order valence-corrected chi connectivity index (χ3v) is 3.36. The van der Waals surface area contributed by atoms with Crippen LogP contribution in [-0.4, -0.2) is 29.1 Å². The first-order valence-corrected chi connectivity index (χ1v) is 7.60. The Morgan fingerprint density at radius 1 is 1.41 bits per heavy atom. The zero-order valence-electron chi connectivity index (χ0n) is 13.0. The van der Waals surface area contributed by atoms with Crippen molar-refractivity contribution in [2.75, 3.05) is 12.8 Å². The van der Waals surface area contributed by atoms with Gasteiger partial charge >= 0.3 is 0 Å². The van der Waals surface area contributed by atoms with Gasteiger partial charge in [0, 0.05) is 0 Å². The summed E-state index contributed by atoms with van der Waals surface area (Å²) >= 11 is 3.50. The molecule has 6 nitrogen and oxygen atoms in total. The van der Waals surface area contributed by atoms with Crippen LogP contribution < -0.4 is 15.2 Å².